The van der Waals surface area contributed by atoms with Crippen LogP contribution in [-0.2, 0) is 9.59 Å². The van der Waals surface area contributed by atoms with Gasteiger partial charge in [0.1, 0.15) is 6.29 Å². The number of nitrogens with one attached hydrogen (secondary N) is 1. The zero-order chi connectivity index (χ0) is 14.0. The Kier molecular flexibility index (Phi) is 11.0. The second kappa shape index (κ2) is 10.9. The van der Waals surface area contributed by atoms with Crippen molar-refractivity contribution in [2.45, 2.75) is 26.7 Å². The van der Waals surface area contributed by atoms with Gasteiger partial charge in [-0.1, -0.05) is 6.92 Å². The average molecular weight is 268 g/mol. The summed E-state index contributed by atoms with van der Waals surface area (Å²) < 4.78 is 0. The smallest absolute Gasteiger partial charge is 0.303 e. The molecular formula is C13H20N2O4. The largest absolute Gasteiger partial charge is 0.481 e. The van der Waals surface area contributed by atoms with Crippen LogP contribution in [0, 0.1) is 0 Å². The van der Waals surface area contributed by atoms with Crippen LogP contribution < -0.4 is 11.5 Å². The molecule has 1 aromatic carbocycles. The number of rotatable bonds is 4. The minimum Gasteiger partial charge on any atom is -0.481 e. The van der Waals surface area contributed by atoms with Gasteiger partial charge in [0.05, 0.1) is 0 Å². The number of carboxylic acids is 1. The Morgan fingerprint density at radius 3 is 2.05 bits per heavy atom. The molecule has 0 spiro atoms. The molecule has 6 heteroatoms. The summed E-state index contributed by atoms with van der Waals surface area (Å²) in [5.74, 6) is -0.827. The first kappa shape index (κ1) is 19.1. The Bertz CT molecular complexity index is 402. The maximum absolute atomic E-state index is 10.6. The van der Waals surface area contributed by atoms with Gasteiger partial charge >= 0.3 is 5.97 Å². The summed E-state index contributed by atoms with van der Waals surface area (Å²) in [5.41, 5.74) is 1.30. The lowest BCUT2D eigenvalue weighted by atomic mass is 10.2. The van der Waals surface area contributed by atoms with Crippen molar-refractivity contribution < 1.29 is 19.5 Å². The van der Waals surface area contributed by atoms with Crippen molar-refractivity contribution in [3.8, 4) is 0 Å². The van der Waals surface area contributed by atoms with Gasteiger partial charge in [-0.2, -0.15) is 0 Å². The van der Waals surface area contributed by atoms with E-state index in [9.17, 15) is 14.4 Å². The van der Waals surface area contributed by atoms with Gasteiger partial charge in [-0.3, -0.25) is 14.4 Å². The highest BCUT2D eigenvalue weighted by molar-refractivity contribution is 5.89. The van der Waals surface area contributed by atoms with Crippen LogP contribution in [-0.4, -0.2) is 23.3 Å². The molecule has 1 aromatic rings. The number of aliphatic carboxylic acids is 1. The minimum atomic E-state index is -0.711. The van der Waals surface area contributed by atoms with Crippen LogP contribution in [0.25, 0.3) is 0 Å². The number of carboxylic acid groups (broad SMARTS) is 1. The molecular weight excluding hydrogens is 248 g/mol. The SMILES string of the molecule is CC(=O)Nc1ccc(C=O)cc1.CCCC(=O)O.N. The molecule has 1 amide bonds. The molecule has 0 unspecified atom stereocenters. The normalized spacial score (nSPS) is 8.32. The van der Waals surface area contributed by atoms with Gasteiger partial charge in [-0.25, -0.2) is 0 Å². The summed E-state index contributed by atoms with van der Waals surface area (Å²) in [6, 6.07) is 6.67. The minimum absolute atomic E-state index is 0. The number of carbonyl (C=O) groups excluding carboxylic acids is 2. The van der Waals surface area contributed by atoms with E-state index in [1.54, 1.807) is 24.3 Å². The quantitative estimate of drug-likeness (QED) is 0.725. The van der Waals surface area contributed by atoms with Gasteiger partial charge in [0.15, 0.2) is 0 Å². The zero-order valence-corrected chi connectivity index (χ0v) is 11.2. The van der Waals surface area contributed by atoms with Crippen molar-refractivity contribution in [3.63, 3.8) is 0 Å². The van der Waals surface area contributed by atoms with Crippen LogP contribution in [0.5, 0.6) is 0 Å². The summed E-state index contributed by atoms with van der Waals surface area (Å²) in [6.45, 7) is 3.28. The molecule has 0 heterocycles. The topological polar surface area (TPSA) is 118 Å². The van der Waals surface area contributed by atoms with Crippen LogP contribution in [0.2, 0.25) is 0 Å². The van der Waals surface area contributed by atoms with Crippen molar-refractivity contribution in [2.24, 2.45) is 0 Å². The molecule has 19 heavy (non-hydrogen) atoms. The van der Waals surface area contributed by atoms with E-state index >= 15 is 0 Å². The second-order valence-electron chi connectivity index (χ2n) is 3.56. The number of carbonyl (C=O) groups is 3. The molecule has 0 atom stereocenters. The predicted molar refractivity (Wildman–Crippen MR) is 73.7 cm³/mol. The monoisotopic (exact) mass is 268 g/mol. The molecule has 0 bridgehead atoms. The van der Waals surface area contributed by atoms with Crippen LogP contribution >= 0.6 is 0 Å². The highest BCUT2D eigenvalue weighted by Crippen LogP contribution is 2.07. The third kappa shape index (κ3) is 10.7. The summed E-state index contributed by atoms with van der Waals surface area (Å²) in [6.07, 6.45) is 1.78. The van der Waals surface area contributed by atoms with Crippen LogP contribution in [0.1, 0.15) is 37.0 Å². The number of hydrogen-bond donors (Lipinski definition) is 3. The van der Waals surface area contributed by atoms with Gasteiger partial charge in [0, 0.05) is 24.6 Å². The summed E-state index contributed by atoms with van der Waals surface area (Å²) in [7, 11) is 0. The molecule has 1 rings (SSSR count). The zero-order valence-electron chi connectivity index (χ0n) is 11.2. The molecule has 0 radical (unpaired) electrons. The number of benzene rings is 1. The van der Waals surface area contributed by atoms with E-state index in [0.29, 0.717) is 17.7 Å². The molecule has 0 aromatic heterocycles. The van der Waals surface area contributed by atoms with E-state index in [-0.39, 0.29) is 12.1 Å². The highest BCUT2D eigenvalue weighted by Gasteiger charge is 1.94. The molecule has 0 saturated carbocycles. The van der Waals surface area contributed by atoms with Crippen molar-refractivity contribution in [1.82, 2.24) is 6.15 Å². The fourth-order valence-corrected chi connectivity index (χ4v) is 1.06. The molecule has 0 aliphatic rings. The number of aldehydes is 1. The van der Waals surface area contributed by atoms with Gasteiger partial charge in [0.2, 0.25) is 5.91 Å². The first-order valence-corrected chi connectivity index (χ1v) is 5.54. The average Bonchev–Trinajstić information content (AvgIpc) is 2.30. The predicted octanol–water partition coefficient (Wildman–Crippen LogP) is 2.49. The lowest BCUT2D eigenvalue weighted by Crippen LogP contribution is -2.05. The molecule has 106 valence electrons. The van der Waals surface area contributed by atoms with Crippen LogP contribution in [0.15, 0.2) is 24.3 Å². The highest BCUT2D eigenvalue weighted by atomic mass is 16.4. The van der Waals surface area contributed by atoms with Crippen molar-refractivity contribution >= 4 is 23.9 Å². The van der Waals surface area contributed by atoms with Crippen LogP contribution in [0.3, 0.4) is 0 Å². The second-order valence-corrected chi connectivity index (χ2v) is 3.56. The Morgan fingerprint density at radius 2 is 1.79 bits per heavy atom. The van der Waals surface area contributed by atoms with E-state index < -0.39 is 5.97 Å². The molecule has 0 saturated heterocycles. The van der Waals surface area contributed by atoms with Gasteiger partial charge in [0.25, 0.3) is 0 Å². The standard InChI is InChI=1S/C9H9NO2.C4H8O2.H3N/c1-7(12)10-9-4-2-8(6-11)3-5-9;1-2-3-4(5)6;/h2-6H,1H3,(H,10,12);2-3H2,1H3,(H,5,6);1H3. The van der Waals surface area contributed by atoms with Crippen molar-refractivity contribution in [3.05, 3.63) is 29.8 Å². The first-order chi connectivity index (χ1) is 8.49. The van der Waals surface area contributed by atoms with Crippen LogP contribution in [0.4, 0.5) is 5.69 Å². The molecule has 5 N–H and O–H groups in total. The third-order valence-electron chi connectivity index (χ3n) is 1.83. The van der Waals surface area contributed by atoms with E-state index in [2.05, 4.69) is 5.32 Å². The van der Waals surface area contributed by atoms with Gasteiger partial charge in [-0.05, 0) is 30.7 Å². The van der Waals surface area contributed by atoms with E-state index in [1.807, 2.05) is 6.92 Å². The number of amides is 1. The van der Waals surface area contributed by atoms with E-state index in [0.717, 1.165) is 12.7 Å². The van der Waals surface area contributed by atoms with Gasteiger partial charge in [-0.15, -0.1) is 0 Å². The lowest BCUT2D eigenvalue weighted by molar-refractivity contribution is -0.137. The molecule has 0 aliphatic carbocycles. The maximum atomic E-state index is 10.6. The Balaban J connectivity index is 0. The molecule has 0 fully saturated rings. The van der Waals surface area contributed by atoms with Crippen molar-refractivity contribution in [2.75, 3.05) is 5.32 Å². The van der Waals surface area contributed by atoms with E-state index in [1.165, 1.54) is 6.92 Å². The first-order valence-electron chi connectivity index (χ1n) is 5.54. The fourth-order valence-electron chi connectivity index (χ4n) is 1.06. The van der Waals surface area contributed by atoms with Crippen molar-refractivity contribution in [1.29, 1.82) is 0 Å². The lowest BCUT2D eigenvalue weighted by Gasteiger charge is -2.00. The summed E-state index contributed by atoms with van der Waals surface area (Å²) in [5, 5.41) is 10.5. The molecule has 6 nitrogen and oxygen atoms in total. The fraction of sp³-hybridized carbons (Fsp3) is 0.308. The molecule has 0 aliphatic heterocycles. The van der Waals surface area contributed by atoms with E-state index in [4.69, 9.17) is 5.11 Å². The summed E-state index contributed by atoms with van der Waals surface area (Å²) >= 11 is 0. The van der Waals surface area contributed by atoms with Gasteiger partial charge < -0.3 is 16.6 Å². The number of hydrogen-bond acceptors (Lipinski definition) is 4. The Morgan fingerprint density at radius 1 is 1.26 bits per heavy atom. The summed E-state index contributed by atoms with van der Waals surface area (Å²) in [4.78, 5) is 30.4. The maximum Gasteiger partial charge on any atom is 0.303 e. The third-order valence-corrected chi connectivity index (χ3v) is 1.83. The Labute approximate surface area is 112 Å². The Hall–Kier alpha value is -2.21. The number of anilines is 1.